The average molecular weight is 269 g/mol. The molecule has 2 unspecified atom stereocenters. The van der Waals surface area contributed by atoms with Crippen LogP contribution in [0.1, 0.15) is 30.6 Å². The van der Waals surface area contributed by atoms with Crippen LogP contribution in [-0.2, 0) is 0 Å². The minimum atomic E-state index is -1.46. The Morgan fingerprint density at radius 1 is 1.26 bits per heavy atom. The molecule has 1 fully saturated rings. The number of hydrogen-bond acceptors (Lipinski definition) is 2. The zero-order valence-electron chi connectivity index (χ0n) is 11.0. The summed E-state index contributed by atoms with van der Waals surface area (Å²) in [5.74, 6) is -2.85. The van der Waals surface area contributed by atoms with Crippen molar-refractivity contribution in [3.8, 4) is 0 Å². The molecule has 1 aliphatic rings. The van der Waals surface area contributed by atoms with Crippen molar-refractivity contribution in [3.63, 3.8) is 0 Å². The lowest BCUT2D eigenvalue weighted by molar-refractivity contribution is 0.0690. The molecule has 19 heavy (non-hydrogen) atoms. The van der Waals surface area contributed by atoms with Gasteiger partial charge in [-0.05, 0) is 30.4 Å². The van der Waals surface area contributed by atoms with Gasteiger partial charge in [-0.1, -0.05) is 13.8 Å². The first-order valence-electron chi connectivity index (χ1n) is 6.38. The summed E-state index contributed by atoms with van der Waals surface area (Å²) >= 11 is 0. The molecule has 1 aliphatic heterocycles. The highest BCUT2D eigenvalue weighted by molar-refractivity contribution is 5.88. The highest BCUT2D eigenvalue weighted by Crippen LogP contribution is 2.30. The van der Waals surface area contributed by atoms with Crippen LogP contribution < -0.4 is 4.90 Å². The Morgan fingerprint density at radius 3 is 2.53 bits per heavy atom. The van der Waals surface area contributed by atoms with Crippen LogP contribution in [0.2, 0.25) is 0 Å². The number of hydrogen-bond donors (Lipinski definition) is 1. The molecule has 0 radical (unpaired) electrons. The summed E-state index contributed by atoms with van der Waals surface area (Å²) in [6, 6.07) is 2.48. The van der Waals surface area contributed by atoms with Crippen molar-refractivity contribution >= 4 is 11.7 Å². The van der Waals surface area contributed by atoms with Gasteiger partial charge >= 0.3 is 5.97 Å². The van der Waals surface area contributed by atoms with Gasteiger partial charge in [-0.3, -0.25) is 0 Å². The zero-order valence-corrected chi connectivity index (χ0v) is 11.0. The summed E-state index contributed by atoms with van der Waals surface area (Å²) in [4.78, 5) is 12.5. The standard InChI is InChI=1S/C14H17F2NO2/c1-8-5-6-17(7-9(8)2)11-4-3-10(14(18)19)12(15)13(11)16/h3-4,8-9H,5-7H2,1-2H3,(H,18,19). The van der Waals surface area contributed by atoms with Gasteiger partial charge < -0.3 is 10.0 Å². The smallest absolute Gasteiger partial charge is 0.338 e. The zero-order chi connectivity index (χ0) is 14.2. The Morgan fingerprint density at radius 2 is 1.95 bits per heavy atom. The topological polar surface area (TPSA) is 40.5 Å². The maximum atomic E-state index is 14.0. The van der Waals surface area contributed by atoms with Crippen LogP contribution >= 0.6 is 0 Å². The van der Waals surface area contributed by atoms with E-state index in [2.05, 4.69) is 13.8 Å². The van der Waals surface area contributed by atoms with Gasteiger partial charge in [0.1, 0.15) is 0 Å². The molecular formula is C14H17F2NO2. The van der Waals surface area contributed by atoms with Gasteiger partial charge in [-0.2, -0.15) is 0 Å². The predicted molar refractivity (Wildman–Crippen MR) is 68.5 cm³/mol. The minimum Gasteiger partial charge on any atom is -0.478 e. The molecule has 1 N–H and O–H groups in total. The number of carbonyl (C=O) groups is 1. The van der Waals surface area contributed by atoms with E-state index in [1.165, 1.54) is 6.07 Å². The Kier molecular flexibility index (Phi) is 3.73. The van der Waals surface area contributed by atoms with Gasteiger partial charge in [0.25, 0.3) is 0 Å². The predicted octanol–water partition coefficient (Wildman–Crippen LogP) is 3.15. The van der Waals surface area contributed by atoms with Crippen molar-refractivity contribution in [3.05, 3.63) is 29.3 Å². The van der Waals surface area contributed by atoms with E-state index >= 15 is 0 Å². The number of halogens is 2. The molecule has 3 nitrogen and oxygen atoms in total. The SMILES string of the molecule is CC1CCN(c2ccc(C(=O)O)c(F)c2F)CC1C. The number of carboxylic acids is 1. The van der Waals surface area contributed by atoms with Crippen molar-refractivity contribution < 1.29 is 18.7 Å². The van der Waals surface area contributed by atoms with Crippen molar-refractivity contribution in [1.29, 1.82) is 0 Å². The first-order valence-corrected chi connectivity index (χ1v) is 6.38. The molecule has 104 valence electrons. The summed E-state index contributed by atoms with van der Waals surface area (Å²) < 4.78 is 27.6. The van der Waals surface area contributed by atoms with E-state index in [9.17, 15) is 13.6 Å². The number of nitrogens with zero attached hydrogens (tertiary/aromatic N) is 1. The number of piperidine rings is 1. The molecule has 0 spiro atoms. The highest BCUT2D eigenvalue weighted by Gasteiger charge is 2.27. The van der Waals surface area contributed by atoms with Crippen molar-refractivity contribution in [2.24, 2.45) is 11.8 Å². The van der Waals surface area contributed by atoms with E-state index in [0.29, 0.717) is 24.9 Å². The third kappa shape index (κ3) is 2.55. The lowest BCUT2D eigenvalue weighted by atomic mass is 9.88. The molecule has 1 heterocycles. The van der Waals surface area contributed by atoms with Crippen LogP contribution in [0.3, 0.4) is 0 Å². The van der Waals surface area contributed by atoms with Crippen LogP contribution in [0, 0.1) is 23.5 Å². The molecule has 0 aromatic heterocycles. The van der Waals surface area contributed by atoms with E-state index in [-0.39, 0.29) is 5.69 Å². The lowest BCUT2D eigenvalue weighted by Gasteiger charge is -2.37. The molecule has 1 aromatic rings. The quantitative estimate of drug-likeness (QED) is 0.896. The van der Waals surface area contributed by atoms with Gasteiger partial charge in [-0.15, -0.1) is 0 Å². The number of carboxylic acid groups (broad SMARTS) is 1. The van der Waals surface area contributed by atoms with Crippen LogP contribution in [-0.4, -0.2) is 24.2 Å². The number of anilines is 1. The summed E-state index contributed by atoms with van der Waals surface area (Å²) in [6.45, 7) is 5.54. The molecule has 2 rings (SSSR count). The summed E-state index contributed by atoms with van der Waals surface area (Å²) in [5.41, 5.74) is -0.471. The maximum absolute atomic E-state index is 14.0. The summed E-state index contributed by atoms with van der Waals surface area (Å²) in [7, 11) is 0. The monoisotopic (exact) mass is 269 g/mol. The van der Waals surface area contributed by atoms with E-state index < -0.39 is 23.2 Å². The highest BCUT2D eigenvalue weighted by atomic mass is 19.2. The van der Waals surface area contributed by atoms with Crippen molar-refractivity contribution in [2.75, 3.05) is 18.0 Å². The Bertz CT molecular complexity index is 504. The van der Waals surface area contributed by atoms with Gasteiger partial charge in [0, 0.05) is 13.1 Å². The number of rotatable bonds is 2. The van der Waals surface area contributed by atoms with Crippen LogP contribution in [0.4, 0.5) is 14.5 Å². The third-order valence-electron chi connectivity index (χ3n) is 3.97. The van der Waals surface area contributed by atoms with Crippen LogP contribution in [0.5, 0.6) is 0 Å². The molecule has 0 aliphatic carbocycles. The lowest BCUT2D eigenvalue weighted by Crippen LogP contribution is -2.39. The first kappa shape index (κ1) is 13.8. The number of benzene rings is 1. The van der Waals surface area contributed by atoms with Gasteiger partial charge in [0.15, 0.2) is 11.6 Å². The molecule has 0 amide bonds. The Labute approximate surface area is 110 Å². The van der Waals surface area contributed by atoms with E-state index in [0.717, 1.165) is 12.5 Å². The van der Waals surface area contributed by atoms with Gasteiger partial charge in [-0.25, -0.2) is 13.6 Å². The fourth-order valence-electron chi connectivity index (χ4n) is 2.43. The Balaban J connectivity index is 2.31. The van der Waals surface area contributed by atoms with Crippen LogP contribution in [0.15, 0.2) is 12.1 Å². The second kappa shape index (κ2) is 5.15. The van der Waals surface area contributed by atoms with Gasteiger partial charge in [0.2, 0.25) is 0 Å². The van der Waals surface area contributed by atoms with Gasteiger partial charge in [0.05, 0.1) is 11.3 Å². The van der Waals surface area contributed by atoms with Crippen LogP contribution in [0.25, 0.3) is 0 Å². The molecule has 1 saturated heterocycles. The second-order valence-electron chi connectivity index (χ2n) is 5.25. The normalized spacial score (nSPS) is 23.5. The molecular weight excluding hydrogens is 252 g/mol. The van der Waals surface area contributed by atoms with E-state index in [1.807, 2.05) is 0 Å². The molecule has 5 heteroatoms. The van der Waals surface area contributed by atoms with Crippen molar-refractivity contribution in [2.45, 2.75) is 20.3 Å². The molecule has 0 bridgehead atoms. The fourth-order valence-corrected chi connectivity index (χ4v) is 2.43. The summed E-state index contributed by atoms with van der Waals surface area (Å²) in [5, 5.41) is 8.75. The van der Waals surface area contributed by atoms with Crippen molar-refractivity contribution in [1.82, 2.24) is 0 Å². The molecule has 2 atom stereocenters. The fraction of sp³-hybridized carbons (Fsp3) is 0.500. The maximum Gasteiger partial charge on any atom is 0.338 e. The number of aromatic carboxylic acids is 1. The average Bonchev–Trinajstić information content (AvgIpc) is 2.36. The third-order valence-corrected chi connectivity index (χ3v) is 3.97. The largest absolute Gasteiger partial charge is 0.478 e. The summed E-state index contributed by atoms with van der Waals surface area (Å²) in [6.07, 6.45) is 0.920. The molecule has 0 saturated carbocycles. The van der Waals surface area contributed by atoms with E-state index in [4.69, 9.17) is 5.11 Å². The second-order valence-corrected chi connectivity index (χ2v) is 5.25. The van der Waals surface area contributed by atoms with E-state index in [1.54, 1.807) is 4.90 Å². The Hall–Kier alpha value is -1.65. The first-order chi connectivity index (χ1) is 8.91. The molecule has 1 aromatic carbocycles. The minimum absolute atomic E-state index is 0.154.